The largest absolute Gasteiger partial charge is 0.326 e. The number of nitrogens with zero attached hydrogens (tertiary/aromatic N) is 1. The van der Waals surface area contributed by atoms with Crippen molar-refractivity contribution in [3.63, 3.8) is 0 Å². The highest BCUT2D eigenvalue weighted by atomic mass is 15.2. The van der Waals surface area contributed by atoms with Crippen molar-refractivity contribution in [2.24, 2.45) is 17.1 Å². The van der Waals surface area contributed by atoms with E-state index in [1.807, 2.05) is 0 Å². The minimum atomic E-state index is 0.213. The lowest BCUT2D eigenvalue weighted by Gasteiger charge is -2.35. The SMILES string of the molecule is CCC(N)C(c1ccccc1C)N1CCC(C(C)(C)C)C1. The first-order chi connectivity index (χ1) is 9.84. The molecule has 1 heterocycles. The molecule has 0 bridgehead atoms. The minimum Gasteiger partial charge on any atom is -0.326 e. The third-order valence-electron chi connectivity index (χ3n) is 5.22. The van der Waals surface area contributed by atoms with E-state index in [4.69, 9.17) is 5.73 Å². The molecule has 3 unspecified atom stereocenters. The van der Waals surface area contributed by atoms with Gasteiger partial charge in [-0.3, -0.25) is 4.90 Å². The smallest absolute Gasteiger partial charge is 0.0501 e. The van der Waals surface area contributed by atoms with E-state index in [1.54, 1.807) is 0 Å². The number of aryl methyl sites for hydroxylation is 1. The number of rotatable bonds is 4. The first-order valence-electron chi connectivity index (χ1n) is 8.39. The number of likely N-dealkylation sites (tertiary alicyclic amines) is 1. The van der Waals surface area contributed by atoms with Crippen LogP contribution in [0.4, 0.5) is 0 Å². The lowest BCUT2D eigenvalue weighted by Crippen LogP contribution is -2.40. The molecule has 2 N–H and O–H groups in total. The monoisotopic (exact) mass is 288 g/mol. The van der Waals surface area contributed by atoms with Gasteiger partial charge < -0.3 is 5.73 Å². The van der Waals surface area contributed by atoms with Gasteiger partial charge in [-0.15, -0.1) is 0 Å². The Bertz CT molecular complexity index is 461. The molecule has 3 atom stereocenters. The second-order valence-electron chi connectivity index (χ2n) is 7.72. The van der Waals surface area contributed by atoms with Crippen molar-refractivity contribution >= 4 is 0 Å². The fraction of sp³-hybridized carbons (Fsp3) is 0.684. The van der Waals surface area contributed by atoms with Crippen molar-refractivity contribution in [2.45, 2.75) is 59.5 Å². The summed E-state index contributed by atoms with van der Waals surface area (Å²) in [6.45, 7) is 13.9. The zero-order valence-corrected chi connectivity index (χ0v) is 14.4. The molecule has 1 saturated heterocycles. The summed E-state index contributed by atoms with van der Waals surface area (Å²) in [5.74, 6) is 0.771. The molecule has 2 rings (SSSR count). The zero-order valence-electron chi connectivity index (χ0n) is 14.4. The Hall–Kier alpha value is -0.860. The third-order valence-corrected chi connectivity index (χ3v) is 5.22. The van der Waals surface area contributed by atoms with Gasteiger partial charge >= 0.3 is 0 Å². The van der Waals surface area contributed by atoms with Crippen molar-refractivity contribution < 1.29 is 0 Å². The van der Waals surface area contributed by atoms with Gasteiger partial charge in [0.15, 0.2) is 0 Å². The topological polar surface area (TPSA) is 29.3 Å². The Labute approximate surface area is 130 Å². The normalized spacial score (nSPS) is 23.2. The highest BCUT2D eigenvalue weighted by molar-refractivity contribution is 5.30. The van der Waals surface area contributed by atoms with Crippen LogP contribution in [0, 0.1) is 18.3 Å². The zero-order chi connectivity index (χ0) is 15.6. The predicted molar refractivity (Wildman–Crippen MR) is 91.3 cm³/mol. The summed E-state index contributed by atoms with van der Waals surface area (Å²) in [6, 6.07) is 9.32. The van der Waals surface area contributed by atoms with Gasteiger partial charge in [-0.2, -0.15) is 0 Å². The number of hydrogen-bond donors (Lipinski definition) is 1. The molecular weight excluding hydrogens is 256 g/mol. The van der Waals surface area contributed by atoms with Crippen LogP contribution in [0.1, 0.15) is 57.7 Å². The Kier molecular flexibility index (Phi) is 5.11. The molecular formula is C19H32N2. The number of nitrogens with two attached hydrogens (primary N) is 1. The summed E-state index contributed by atoms with van der Waals surface area (Å²) < 4.78 is 0. The van der Waals surface area contributed by atoms with Crippen LogP contribution in [0.3, 0.4) is 0 Å². The maximum atomic E-state index is 6.51. The molecule has 1 aromatic carbocycles. The first kappa shape index (κ1) is 16.5. The standard InChI is InChI=1S/C19H32N2/c1-6-17(20)18(16-10-8-7-9-14(16)2)21-12-11-15(13-21)19(3,4)5/h7-10,15,17-18H,6,11-13,20H2,1-5H3. The van der Waals surface area contributed by atoms with Crippen molar-refractivity contribution in [2.75, 3.05) is 13.1 Å². The van der Waals surface area contributed by atoms with Crippen molar-refractivity contribution in [3.05, 3.63) is 35.4 Å². The second-order valence-corrected chi connectivity index (χ2v) is 7.72. The highest BCUT2D eigenvalue weighted by Gasteiger charge is 2.37. The summed E-state index contributed by atoms with van der Waals surface area (Å²) in [7, 11) is 0. The maximum absolute atomic E-state index is 6.51. The van der Waals surface area contributed by atoms with Crippen LogP contribution < -0.4 is 5.73 Å². The van der Waals surface area contributed by atoms with Crippen LogP contribution in [0.5, 0.6) is 0 Å². The van der Waals surface area contributed by atoms with Crippen molar-refractivity contribution in [3.8, 4) is 0 Å². The average Bonchev–Trinajstić information content (AvgIpc) is 2.90. The number of benzene rings is 1. The summed E-state index contributed by atoms with van der Waals surface area (Å²) in [6.07, 6.45) is 2.32. The Morgan fingerprint density at radius 3 is 2.48 bits per heavy atom. The molecule has 1 fully saturated rings. The summed E-state index contributed by atoms with van der Waals surface area (Å²) in [5.41, 5.74) is 9.69. The Morgan fingerprint density at radius 2 is 1.95 bits per heavy atom. The van der Waals surface area contributed by atoms with Crippen LogP contribution in [0.25, 0.3) is 0 Å². The molecule has 0 aliphatic carbocycles. The molecule has 0 spiro atoms. The van der Waals surface area contributed by atoms with Gasteiger partial charge in [0.25, 0.3) is 0 Å². The molecule has 2 nitrogen and oxygen atoms in total. The van der Waals surface area contributed by atoms with E-state index in [9.17, 15) is 0 Å². The van der Waals surface area contributed by atoms with Gasteiger partial charge in [-0.25, -0.2) is 0 Å². The molecule has 1 aromatic rings. The van der Waals surface area contributed by atoms with E-state index in [-0.39, 0.29) is 6.04 Å². The first-order valence-corrected chi connectivity index (χ1v) is 8.39. The summed E-state index contributed by atoms with van der Waals surface area (Å²) in [5, 5.41) is 0. The van der Waals surface area contributed by atoms with Crippen molar-refractivity contribution in [1.82, 2.24) is 4.90 Å². The predicted octanol–water partition coefficient (Wildman–Crippen LogP) is 4.14. The van der Waals surface area contributed by atoms with Gasteiger partial charge in [0.2, 0.25) is 0 Å². The van der Waals surface area contributed by atoms with Crippen LogP contribution >= 0.6 is 0 Å². The van der Waals surface area contributed by atoms with Gasteiger partial charge in [0.05, 0.1) is 6.04 Å². The van der Waals surface area contributed by atoms with Crippen LogP contribution in [-0.4, -0.2) is 24.0 Å². The molecule has 21 heavy (non-hydrogen) atoms. The second kappa shape index (κ2) is 6.50. The molecule has 0 aromatic heterocycles. The van der Waals surface area contributed by atoms with E-state index < -0.39 is 0 Å². The summed E-state index contributed by atoms with van der Waals surface area (Å²) >= 11 is 0. The summed E-state index contributed by atoms with van der Waals surface area (Å²) in [4.78, 5) is 2.63. The third kappa shape index (κ3) is 3.67. The van der Waals surface area contributed by atoms with Gasteiger partial charge in [-0.1, -0.05) is 52.0 Å². The fourth-order valence-corrected chi connectivity index (χ4v) is 3.59. The molecule has 1 aliphatic rings. The highest BCUT2D eigenvalue weighted by Crippen LogP contribution is 2.38. The Balaban J connectivity index is 2.25. The van der Waals surface area contributed by atoms with E-state index in [0.29, 0.717) is 11.5 Å². The van der Waals surface area contributed by atoms with E-state index in [2.05, 4.69) is 63.8 Å². The Morgan fingerprint density at radius 1 is 1.29 bits per heavy atom. The molecule has 0 saturated carbocycles. The van der Waals surface area contributed by atoms with Crippen LogP contribution in [0.15, 0.2) is 24.3 Å². The van der Waals surface area contributed by atoms with Crippen LogP contribution in [0.2, 0.25) is 0 Å². The molecule has 118 valence electrons. The van der Waals surface area contributed by atoms with Gasteiger partial charge in [0.1, 0.15) is 0 Å². The minimum absolute atomic E-state index is 0.213. The quantitative estimate of drug-likeness (QED) is 0.902. The number of hydrogen-bond acceptors (Lipinski definition) is 2. The van der Waals surface area contributed by atoms with Crippen LogP contribution in [-0.2, 0) is 0 Å². The van der Waals surface area contributed by atoms with E-state index in [1.165, 1.54) is 30.6 Å². The fourth-order valence-electron chi connectivity index (χ4n) is 3.59. The lowest BCUT2D eigenvalue weighted by atomic mass is 9.80. The molecule has 2 heteroatoms. The maximum Gasteiger partial charge on any atom is 0.0501 e. The molecule has 0 amide bonds. The van der Waals surface area contributed by atoms with Gasteiger partial charge in [-0.05, 0) is 48.8 Å². The molecule has 1 aliphatic heterocycles. The average molecular weight is 288 g/mol. The van der Waals surface area contributed by atoms with E-state index in [0.717, 1.165) is 12.3 Å². The van der Waals surface area contributed by atoms with E-state index >= 15 is 0 Å². The molecule has 0 radical (unpaired) electrons. The van der Waals surface area contributed by atoms with Gasteiger partial charge in [0, 0.05) is 12.6 Å². The van der Waals surface area contributed by atoms with Crippen molar-refractivity contribution in [1.29, 1.82) is 0 Å². The lowest BCUT2D eigenvalue weighted by molar-refractivity contribution is 0.174.